The smallest absolute Gasteiger partial charge is 0.227 e. The van der Waals surface area contributed by atoms with E-state index in [1.165, 1.54) is 0 Å². The van der Waals surface area contributed by atoms with Crippen LogP contribution in [-0.2, 0) is 23.7 Å². The molecular weight excluding hydrogens is 376 g/mol. The minimum Gasteiger partial charge on any atom is -0.382 e. The molecule has 3 rings (SSSR count). The molecule has 0 amide bonds. The van der Waals surface area contributed by atoms with E-state index in [2.05, 4.69) is 32.7 Å². The zero-order valence-corrected chi connectivity index (χ0v) is 18.6. The van der Waals surface area contributed by atoms with Crippen LogP contribution in [0.1, 0.15) is 34.6 Å². The Morgan fingerprint density at radius 2 is 1.59 bits per heavy atom. The van der Waals surface area contributed by atoms with Gasteiger partial charge < -0.3 is 28.5 Å². The first-order valence-corrected chi connectivity index (χ1v) is 10.5. The van der Waals surface area contributed by atoms with E-state index in [9.17, 15) is 0 Å². The van der Waals surface area contributed by atoms with Gasteiger partial charge in [-0.2, -0.15) is 4.73 Å². The highest BCUT2D eigenvalue weighted by molar-refractivity contribution is 4.89. The standard InChI is InChI=1S/C21H36N2O6/c1-12-15(4)21(29-23-9-8-22-11-23)26-16(5)18(12)28-20-14(3)13(2)19(25-7)17(27-20)10-24-6/h8-9,11-21H,10H2,1-7H3/t12?,13?,14-,15?,16-,17?,18+,19-,20+,21?/m1/s1. The number of aromatic nitrogens is 2. The minimum atomic E-state index is -0.364. The lowest BCUT2D eigenvalue weighted by atomic mass is 9.83. The van der Waals surface area contributed by atoms with E-state index in [0.717, 1.165) is 0 Å². The van der Waals surface area contributed by atoms with Crippen molar-refractivity contribution in [2.45, 2.75) is 71.6 Å². The summed E-state index contributed by atoms with van der Waals surface area (Å²) >= 11 is 0. The maximum atomic E-state index is 6.53. The van der Waals surface area contributed by atoms with Crippen LogP contribution in [0.2, 0.25) is 0 Å². The maximum absolute atomic E-state index is 6.53. The van der Waals surface area contributed by atoms with Gasteiger partial charge in [0, 0.05) is 32.3 Å². The Hall–Kier alpha value is -1.19. The molecule has 2 fully saturated rings. The molecule has 1 aromatic rings. The summed E-state index contributed by atoms with van der Waals surface area (Å²) in [5, 5.41) is 0. The van der Waals surface area contributed by atoms with Crippen LogP contribution in [0.15, 0.2) is 18.7 Å². The molecule has 0 spiro atoms. The second-order valence-electron chi connectivity index (χ2n) is 8.47. The maximum Gasteiger partial charge on any atom is 0.227 e. The van der Waals surface area contributed by atoms with Crippen molar-refractivity contribution >= 4 is 0 Å². The Bertz CT molecular complexity index is 614. The molecule has 0 bridgehead atoms. The van der Waals surface area contributed by atoms with E-state index in [-0.39, 0.29) is 60.7 Å². The van der Waals surface area contributed by atoms with Gasteiger partial charge in [-0.05, 0) is 18.8 Å². The second-order valence-corrected chi connectivity index (χ2v) is 8.47. The van der Waals surface area contributed by atoms with Crippen LogP contribution in [0, 0.1) is 23.7 Å². The first kappa shape index (κ1) is 22.5. The van der Waals surface area contributed by atoms with Crippen molar-refractivity contribution in [2.75, 3.05) is 20.8 Å². The van der Waals surface area contributed by atoms with Crippen molar-refractivity contribution < 1.29 is 28.5 Å². The number of nitrogens with zero attached hydrogens (tertiary/aromatic N) is 2. The Labute approximate surface area is 173 Å². The molecule has 10 atom stereocenters. The van der Waals surface area contributed by atoms with Crippen molar-refractivity contribution in [3.63, 3.8) is 0 Å². The van der Waals surface area contributed by atoms with Crippen LogP contribution in [0.3, 0.4) is 0 Å². The molecule has 0 saturated carbocycles. The molecule has 5 unspecified atom stereocenters. The molecule has 3 heterocycles. The lowest BCUT2D eigenvalue weighted by Crippen LogP contribution is -2.57. The van der Waals surface area contributed by atoms with Gasteiger partial charge in [0.1, 0.15) is 12.4 Å². The van der Waals surface area contributed by atoms with E-state index in [4.69, 9.17) is 28.5 Å². The van der Waals surface area contributed by atoms with Crippen molar-refractivity contribution in [3.8, 4) is 0 Å². The topological polar surface area (TPSA) is 73.2 Å². The Balaban J connectivity index is 1.67. The van der Waals surface area contributed by atoms with E-state index < -0.39 is 0 Å². The van der Waals surface area contributed by atoms with Crippen molar-refractivity contribution in [1.82, 2.24) is 9.71 Å². The lowest BCUT2D eigenvalue weighted by Gasteiger charge is -2.48. The Kier molecular flexibility index (Phi) is 7.56. The lowest BCUT2D eigenvalue weighted by molar-refractivity contribution is -0.328. The average Bonchev–Trinajstić information content (AvgIpc) is 3.20. The number of hydrogen-bond acceptors (Lipinski definition) is 7. The molecule has 8 nitrogen and oxygen atoms in total. The molecular formula is C21H36N2O6. The quantitative estimate of drug-likeness (QED) is 0.681. The summed E-state index contributed by atoms with van der Waals surface area (Å²) in [5.74, 6) is 0.822. The van der Waals surface area contributed by atoms with E-state index in [0.29, 0.717) is 6.61 Å². The molecule has 1 aromatic heterocycles. The molecule has 0 aliphatic carbocycles. The van der Waals surface area contributed by atoms with Gasteiger partial charge >= 0.3 is 0 Å². The van der Waals surface area contributed by atoms with Crippen molar-refractivity contribution in [3.05, 3.63) is 18.7 Å². The minimum absolute atomic E-state index is 0.0193. The highest BCUT2D eigenvalue weighted by atomic mass is 16.8. The summed E-state index contributed by atoms with van der Waals surface area (Å²) < 4.78 is 31.6. The fraction of sp³-hybridized carbons (Fsp3) is 0.857. The van der Waals surface area contributed by atoms with E-state index >= 15 is 0 Å². The van der Waals surface area contributed by atoms with Crippen LogP contribution < -0.4 is 4.84 Å². The normalized spacial score (nSPS) is 43.3. The number of rotatable bonds is 7. The predicted molar refractivity (Wildman–Crippen MR) is 106 cm³/mol. The molecule has 29 heavy (non-hydrogen) atoms. The predicted octanol–water partition coefficient (Wildman–Crippen LogP) is 2.37. The summed E-state index contributed by atoms with van der Waals surface area (Å²) in [5.41, 5.74) is 0. The summed E-state index contributed by atoms with van der Waals surface area (Å²) in [4.78, 5) is 9.93. The Morgan fingerprint density at radius 1 is 0.897 bits per heavy atom. The fourth-order valence-electron chi connectivity index (χ4n) is 4.41. The molecule has 166 valence electrons. The summed E-state index contributed by atoms with van der Waals surface area (Å²) in [6.45, 7) is 11.1. The molecule has 2 aliphatic rings. The molecule has 2 saturated heterocycles. The van der Waals surface area contributed by atoms with Gasteiger partial charge in [-0.3, -0.25) is 0 Å². The fourth-order valence-corrected chi connectivity index (χ4v) is 4.41. The van der Waals surface area contributed by atoms with Crippen molar-refractivity contribution in [2.24, 2.45) is 23.7 Å². The van der Waals surface area contributed by atoms with Crippen LogP contribution in [0.25, 0.3) is 0 Å². The highest BCUT2D eigenvalue weighted by Crippen LogP contribution is 2.38. The van der Waals surface area contributed by atoms with Crippen LogP contribution in [-0.4, -0.2) is 67.5 Å². The first-order chi connectivity index (χ1) is 13.9. The molecule has 0 radical (unpaired) electrons. The third-order valence-electron chi connectivity index (χ3n) is 6.64. The summed E-state index contributed by atoms with van der Waals surface area (Å²) in [6.07, 6.45) is 3.94. The summed E-state index contributed by atoms with van der Waals surface area (Å²) in [6, 6.07) is 0. The zero-order chi connectivity index (χ0) is 21.1. The van der Waals surface area contributed by atoms with Gasteiger partial charge in [-0.1, -0.05) is 27.7 Å². The van der Waals surface area contributed by atoms with Gasteiger partial charge in [0.2, 0.25) is 6.29 Å². The van der Waals surface area contributed by atoms with Crippen LogP contribution in [0.5, 0.6) is 0 Å². The third-order valence-corrected chi connectivity index (χ3v) is 6.64. The molecule has 0 N–H and O–H groups in total. The monoisotopic (exact) mass is 412 g/mol. The molecule has 8 heteroatoms. The molecule has 0 aromatic carbocycles. The van der Waals surface area contributed by atoms with Crippen LogP contribution >= 0.6 is 0 Å². The average molecular weight is 413 g/mol. The second kappa shape index (κ2) is 9.75. The molecule has 2 aliphatic heterocycles. The highest BCUT2D eigenvalue weighted by Gasteiger charge is 2.47. The third kappa shape index (κ3) is 4.77. The van der Waals surface area contributed by atoms with Crippen LogP contribution in [0.4, 0.5) is 0 Å². The van der Waals surface area contributed by atoms with Gasteiger partial charge in [0.05, 0.1) is 31.1 Å². The van der Waals surface area contributed by atoms with Gasteiger partial charge in [0.15, 0.2) is 6.29 Å². The number of ether oxygens (including phenoxy) is 5. The van der Waals surface area contributed by atoms with Gasteiger partial charge in [-0.15, -0.1) is 0 Å². The van der Waals surface area contributed by atoms with E-state index in [1.54, 1.807) is 37.7 Å². The van der Waals surface area contributed by atoms with Gasteiger partial charge in [-0.25, -0.2) is 4.98 Å². The SMILES string of the molecule is COCC1O[C@@H](O[C@H]2C(C)C(C)C(On3ccnc3)O[C@@H]2C)[C@H](C)C(C)[C@H]1OC. The first-order valence-electron chi connectivity index (χ1n) is 10.5. The number of methoxy groups -OCH3 is 2. The zero-order valence-electron chi connectivity index (χ0n) is 18.6. The number of imidazole rings is 1. The number of hydrogen-bond donors (Lipinski definition) is 0. The van der Waals surface area contributed by atoms with E-state index in [1.807, 2.05) is 6.92 Å². The Morgan fingerprint density at radius 3 is 2.21 bits per heavy atom. The largest absolute Gasteiger partial charge is 0.382 e. The van der Waals surface area contributed by atoms with Gasteiger partial charge in [0.25, 0.3) is 0 Å². The van der Waals surface area contributed by atoms with Crippen molar-refractivity contribution in [1.29, 1.82) is 0 Å². The summed E-state index contributed by atoms with van der Waals surface area (Å²) in [7, 11) is 3.40.